The molecule has 0 spiro atoms. The van der Waals surface area contributed by atoms with Crippen LogP contribution in [0.3, 0.4) is 0 Å². The third-order valence-corrected chi connectivity index (χ3v) is 3.12. The first-order chi connectivity index (χ1) is 6.77. The van der Waals surface area contributed by atoms with E-state index in [9.17, 15) is 0 Å². The van der Waals surface area contributed by atoms with Crippen LogP contribution in [0.1, 0.15) is 13.3 Å². The second kappa shape index (κ2) is 4.57. The van der Waals surface area contributed by atoms with Gasteiger partial charge in [-0.15, -0.1) is 0 Å². The van der Waals surface area contributed by atoms with Gasteiger partial charge in [-0.3, -0.25) is 4.90 Å². The maximum absolute atomic E-state index is 6.09. The van der Waals surface area contributed by atoms with Gasteiger partial charge in [0.25, 0.3) is 0 Å². The van der Waals surface area contributed by atoms with Crippen molar-refractivity contribution in [2.75, 3.05) is 32.9 Å². The van der Waals surface area contributed by atoms with E-state index >= 15 is 0 Å². The molecule has 0 aromatic rings. The van der Waals surface area contributed by atoms with E-state index in [1.807, 2.05) is 0 Å². The summed E-state index contributed by atoms with van der Waals surface area (Å²) in [6.45, 7) is 6.52. The molecule has 4 heteroatoms. The minimum atomic E-state index is 0.272. The van der Waals surface area contributed by atoms with Gasteiger partial charge < -0.3 is 15.2 Å². The number of nitrogens with zero attached hydrogens (tertiary/aromatic N) is 1. The van der Waals surface area contributed by atoms with Gasteiger partial charge in [0.05, 0.1) is 19.3 Å². The van der Waals surface area contributed by atoms with Crippen LogP contribution in [0, 0.1) is 0 Å². The normalized spacial score (nSPS) is 41.1. The molecule has 0 aliphatic carbocycles. The molecule has 14 heavy (non-hydrogen) atoms. The predicted octanol–water partition coefficient (Wildman–Crippen LogP) is -0.177. The van der Waals surface area contributed by atoms with E-state index in [-0.39, 0.29) is 6.04 Å². The molecule has 2 saturated heterocycles. The fourth-order valence-corrected chi connectivity index (χ4v) is 2.26. The molecule has 3 unspecified atom stereocenters. The smallest absolute Gasteiger partial charge is 0.0674 e. The fraction of sp³-hybridized carbons (Fsp3) is 1.00. The highest BCUT2D eigenvalue weighted by Gasteiger charge is 2.30. The van der Waals surface area contributed by atoms with Gasteiger partial charge in [-0.1, -0.05) is 0 Å². The van der Waals surface area contributed by atoms with Crippen LogP contribution in [0.5, 0.6) is 0 Å². The van der Waals surface area contributed by atoms with Gasteiger partial charge in [-0.2, -0.15) is 0 Å². The summed E-state index contributed by atoms with van der Waals surface area (Å²) in [6.07, 6.45) is 1.31. The summed E-state index contributed by atoms with van der Waals surface area (Å²) in [5.41, 5.74) is 6.09. The van der Waals surface area contributed by atoms with Gasteiger partial charge in [-0.25, -0.2) is 0 Å². The Kier molecular flexibility index (Phi) is 3.38. The molecule has 0 amide bonds. The molecule has 4 nitrogen and oxygen atoms in total. The molecule has 0 radical (unpaired) electrons. The van der Waals surface area contributed by atoms with Gasteiger partial charge >= 0.3 is 0 Å². The second-order valence-corrected chi connectivity index (χ2v) is 4.27. The van der Waals surface area contributed by atoms with Gasteiger partial charge in [-0.05, 0) is 13.3 Å². The summed E-state index contributed by atoms with van der Waals surface area (Å²) >= 11 is 0. The summed E-state index contributed by atoms with van der Waals surface area (Å²) in [6, 6.07) is 0.671. The Bertz CT molecular complexity index is 189. The highest BCUT2D eigenvalue weighted by Crippen LogP contribution is 2.16. The Hall–Kier alpha value is -0.160. The SMILES string of the molecule is CC1CN(C2COCCC2N)CCO1. The van der Waals surface area contributed by atoms with E-state index in [4.69, 9.17) is 15.2 Å². The maximum atomic E-state index is 6.09. The molecule has 2 N–H and O–H groups in total. The third kappa shape index (κ3) is 2.25. The van der Waals surface area contributed by atoms with Crippen LogP contribution in [-0.2, 0) is 9.47 Å². The van der Waals surface area contributed by atoms with E-state index in [2.05, 4.69) is 11.8 Å². The monoisotopic (exact) mass is 200 g/mol. The molecule has 82 valence electrons. The number of hydrogen-bond donors (Lipinski definition) is 1. The van der Waals surface area contributed by atoms with Gasteiger partial charge in [0, 0.05) is 31.8 Å². The summed E-state index contributed by atoms with van der Waals surface area (Å²) in [5, 5.41) is 0. The molecular formula is C10H20N2O2. The Labute approximate surface area is 85.3 Å². The fourth-order valence-electron chi connectivity index (χ4n) is 2.26. The van der Waals surface area contributed by atoms with Gasteiger partial charge in [0.15, 0.2) is 0 Å². The first-order valence-electron chi connectivity index (χ1n) is 5.46. The standard InChI is InChI=1S/C10H20N2O2/c1-8-6-12(3-5-14-8)10-7-13-4-2-9(10)11/h8-10H,2-7,11H2,1H3. The quantitative estimate of drug-likeness (QED) is 0.638. The summed E-state index contributed by atoms with van der Waals surface area (Å²) < 4.78 is 11.0. The molecule has 2 aliphatic rings. The van der Waals surface area contributed by atoms with Gasteiger partial charge in [0.1, 0.15) is 0 Å². The van der Waals surface area contributed by atoms with E-state index in [0.717, 1.165) is 39.3 Å². The summed E-state index contributed by atoms with van der Waals surface area (Å²) in [4.78, 5) is 2.41. The van der Waals surface area contributed by atoms with Crippen LogP contribution in [-0.4, -0.2) is 56.0 Å². The topological polar surface area (TPSA) is 47.7 Å². The molecule has 0 saturated carbocycles. The highest BCUT2D eigenvalue weighted by molar-refractivity contribution is 4.87. The minimum absolute atomic E-state index is 0.272. The molecule has 3 atom stereocenters. The Morgan fingerprint density at radius 2 is 2.21 bits per heavy atom. The molecular weight excluding hydrogens is 180 g/mol. The van der Waals surface area contributed by atoms with Crippen LogP contribution in [0.4, 0.5) is 0 Å². The lowest BCUT2D eigenvalue weighted by Crippen LogP contribution is -2.57. The zero-order valence-electron chi connectivity index (χ0n) is 8.82. The number of morpholine rings is 1. The van der Waals surface area contributed by atoms with E-state index in [0.29, 0.717) is 12.1 Å². The lowest BCUT2D eigenvalue weighted by Gasteiger charge is -2.41. The van der Waals surface area contributed by atoms with E-state index in [1.54, 1.807) is 0 Å². The maximum Gasteiger partial charge on any atom is 0.0674 e. The lowest BCUT2D eigenvalue weighted by molar-refractivity contribution is -0.0677. The third-order valence-electron chi connectivity index (χ3n) is 3.12. The molecule has 2 rings (SSSR count). The van der Waals surface area contributed by atoms with E-state index in [1.165, 1.54) is 0 Å². The molecule has 2 heterocycles. The van der Waals surface area contributed by atoms with Crippen LogP contribution >= 0.6 is 0 Å². The first-order valence-corrected chi connectivity index (χ1v) is 5.46. The van der Waals surface area contributed by atoms with Crippen molar-refractivity contribution >= 4 is 0 Å². The van der Waals surface area contributed by atoms with Crippen molar-refractivity contribution in [1.82, 2.24) is 4.90 Å². The summed E-state index contributed by atoms with van der Waals surface area (Å²) in [7, 11) is 0. The highest BCUT2D eigenvalue weighted by atomic mass is 16.5. The van der Waals surface area contributed by atoms with Gasteiger partial charge in [0.2, 0.25) is 0 Å². The van der Waals surface area contributed by atoms with Crippen molar-refractivity contribution < 1.29 is 9.47 Å². The van der Waals surface area contributed by atoms with Crippen molar-refractivity contribution in [2.24, 2.45) is 5.73 Å². The van der Waals surface area contributed by atoms with Crippen molar-refractivity contribution in [3.63, 3.8) is 0 Å². The van der Waals surface area contributed by atoms with Crippen molar-refractivity contribution in [3.05, 3.63) is 0 Å². The summed E-state index contributed by atoms with van der Waals surface area (Å²) in [5.74, 6) is 0. The van der Waals surface area contributed by atoms with Crippen molar-refractivity contribution in [3.8, 4) is 0 Å². The van der Waals surface area contributed by atoms with Crippen LogP contribution < -0.4 is 5.73 Å². The second-order valence-electron chi connectivity index (χ2n) is 4.27. The number of nitrogens with two attached hydrogens (primary N) is 1. The zero-order valence-corrected chi connectivity index (χ0v) is 8.82. The number of ether oxygens (including phenoxy) is 2. The first kappa shape index (κ1) is 10.4. The molecule has 2 aliphatic heterocycles. The average molecular weight is 200 g/mol. The molecule has 0 aromatic carbocycles. The molecule has 0 aromatic heterocycles. The zero-order chi connectivity index (χ0) is 9.97. The minimum Gasteiger partial charge on any atom is -0.380 e. The lowest BCUT2D eigenvalue weighted by atomic mass is 10.0. The van der Waals surface area contributed by atoms with Crippen LogP contribution in [0.15, 0.2) is 0 Å². The Morgan fingerprint density at radius 3 is 2.93 bits per heavy atom. The number of rotatable bonds is 1. The Morgan fingerprint density at radius 1 is 1.36 bits per heavy atom. The number of hydrogen-bond acceptors (Lipinski definition) is 4. The van der Waals surface area contributed by atoms with Crippen LogP contribution in [0.2, 0.25) is 0 Å². The molecule has 2 fully saturated rings. The van der Waals surface area contributed by atoms with Crippen molar-refractivity contribution in [1.29, 1.82) is 0 Å². The predicted molar refractivity (Wildman–Crippen MR) is 54.2 cm³/mol. The largest absolute Gasteiger partial charge is 0.380 e. The van der Waals surface area contributed by atoms with Crippen molar-refractivity contribution in [2.45, 2.75) is 31.5 Å². The average Bonchev–Trinajstić information content (AvgIpc) is 2.18. The van der Waals surface area contributed by atoms with Crippen LogP contribution in [0.25, 0.3) is 0 Å². The Balaban J connectivity index is 1.91. The molecule has 0 bridgehead atoms. The van der Waals surface area contributed by atoms with E-state index < -0.39 is 0 Å².